The van der Waals surface area contributed by atoms with Crippen LogP contribution in [0.15, 0.2) is 42.5 Å². The van der Waals surface area contributed by atoms with Crippen molar-refractivity contribution in [1.82, 2.24) is 0 Å². The average molecular weight is 272 g/mol. The molecular formula is C17H20O3. The van der Waals surface area contributed by atoms with Crippen LogP contribution >= 0.6 is 0 Å². The maximum atomic E-state index is 11.6. The molecule has 2 rings (SSSR count). The predicted molar refractivity (Wildman–Crippen MR) is 79.8 cm³/mol. The zero-order chi connectivity index (χ0) is 14.9. The van der Waals surface area contributed by atoms with E-state index in [2.05, 4.69) is 0 Å². The highest BCUT2D eigenvalue weighted by Gasteiger charge is 2.45. The van der Waals surface area contributed by atoms with Gasteiger partial charge in [0.25, 0.3) is 0 Å². The largest absolute Gasteiger partial charge is 0.479 e. The minimum atomic E-state index is -1.77. The summed E-state index contributed by atoms with van der Waals surface area (Å²) >= 11 is 0. The zero-order valence-corrected chi connectivity index (χ0v) is 12.0. The number of carboxylic acids is 1. The molecule has 2 aromatic carbocycles. The lowest BCUT2D eigenvalue weighted by atomic mass is 9.75. The van der Waals surface area contributed by atoms with E-state index >= 15 is 0 Å². The second-order valence-corrected chi connectivity index (χ2v) is 5.58. The summed E-state index contributed by atoms with van der Waals surface area (Å²) in [6.45, 7) is 5.24. The van der Waals surface area contributed by atoms with E-state index in [0.29, 0.717) is 0 Å². The molecule has 20 heavy (non-hydrogen) atoms. The average Bonchev–Trinajstić information content (AvgIpc) is 2.44. The van der Waals surface area contributed by atoms with Crippen LogP contribution in [0.5, 0.6) is 0 Å². The summed E-state index contributed by atoms with van der Waals surface area (Å²) in [5, 5.41) is 22.1. The van der Waals surface area contributed by atoms with Crippen molar-refractivity contribution in [3.8, 4) is 0 Å². The van der Waals surface area contributed by atoms with Crippen LogP contribution in [-0.4, -0.2) is 21.8 Å². The SMILES string of the molecule is CC(C)C(O)(C(=O)O)C(C)c1cccc2ccccc12. The Morgan fingerprint density at radius 2 is 1.65 bits per heavy atom. The van der Waals surface area contributed by atoms with Crippen LogP contribution in [0.2, 0.25) is 0 Å². The van der Waals surface area contributed by atoms with Crippen LogP contribution in [-0.2, 0) is 4.79 Å². The number of benzene rings is 2. The first kappa shape index (κ1) is 14.5. The number of aliphatic carboxylic acids is 1. The molecule has 0 bridgehead atoms. The Morgan fingerprint density at radius 1 is 1.05 bits per heavy atom. The number of aliphatic hydroxyl groups is 1. The highest BCUT2D eigenvalue weighted by molar-refractivity contribution is 5.88. The minimum Gasteiger partial charge on any atom is -0.479 e. The Bertz CT molecular complexity index is 628. The molecule has 2 atom stereocenters. The lowest BCUT2D eigenvalue weighted by Crippen LogP contribution is -2.48. The second-order valence-electron chi connectivity index (χ2n) is 5.58. The molecule has 2 unspecified atom stereocenters. The van der Waals surface area contributed by atoms with Crippen molar-refractivity contribution in [2.24, 2.45) is 5.92 Å². The molecule has 0 aliphatic carbocycles. The van der Waals surface area contributed by atoms with Gasteiger partial charge in [0.15, 0.2) is 5.60 Å². The molecule has 0 radical (unpaired) electrons. The van der Waals surface area contributed by atoms with Crippen LogP contribution in [0, 0.1) is 5.92 Å². The van der Waals surface area contributed by atoms with Crippen molar-refractivity contribution in [3.63, 3.8) is 0 Å². The van der Waals surface area contributed by atoms with Gasteiger partial charge >= 0.3 is 5.97 Å². The fourth-order valence-corrected chi connectivity index (χ4v) is 2.80. The van der Waals surface area contributed by atoms with Crippen LogP contribution in [0.1, 0.15) is 32.3 Å². The van der Waals surface area contributed by atoms with Crippen LogP contribution in [0.3, 0.4) is 0 Å². The lowest BCUT2D eigenvalue weighted by molar-refractivity contribution is -0.166. The van der Waals surface area contributed by atoms with E-state index in [0.717, 1.165) is 16.3 Å². The third kappa shape index (κ3) is 2.18. The summed E-state index contributed by atoms with van der Waals surface area (Å²) in [6, 6.07) is 13.6. The van der Waals surface area contributed by atoms with Gasteiger partial charge in [-0.25, -0.2) is 4.79 Å². The predicted octanol–water partition coefficient (Wildman–Crippen LogP) is 3.42. The van der Waals surface area contributed by atoms with Crippen molar-refractivity contribution < 1.29 is 15.0 Å². The summed E-state index contributed by atoms with van der Waals surface area (Å²) in [5.74, 6) is -2.05. The number of carboxylic acid groups (broad SMARTS) is 1. The van der Waals surface area contributed by atoms with Gasteiger partial charge < -0.3 is 10.2 Å². The third-order valence-corrected chi connectivity index (χ3v) is 4.17. The molecule has 0 heterocycles. The molecule has 0 aliphatic heterocycles. The van der Waals surface area contributed by atoms with E-state index in [9.17, 15) is 15.0 Å². The number of fused-ring (bicyclic) bond motifs is 1. The first-order chi connectivity index (χ1) is 9.39. The maximum absolute atomic E-state index is 11.6. The van der Waals surface area contributed by atoms with Gasteiger partial charge in [-0.05, 0) is 22.3 Å². The summed E-state index contributed by atoms with van der Waals surface area (Å²) < 4.78 is 0. The molecule has 0 spiro atoms. The van der Waals surface area contributed by atoms with E-state index < -0.39 is 17.5 Å². The molecule has 0 aliphatic rings. The van der Waals surface area contributed by atoms with Crippen molar-refractivity contribution >= 4 is 16.7 Å². The lowest BCUT2D eigenvalue weighted by Gasteiger charge is -2.34. The second kappa shape index (κ2) is 5.25. The molecule has 2 aromatic rings. The molecule has 0 fully saturated rings. The molecule has 106 valence electrons. The van der Waals surface area contributed by atoms with Crippen LogP contribution in [0.4, 0.5) is 0 Å². The molecule has 0 aromatic heterocycles. The van der Waals surface area contributed by atoms with Crippen molar-refractivity contribution in [2.45, 2.75) is 32.3 Å². The quantitative estimate of drug-likeness (QED) is 0.896. The van der Waals surface area contributed by atoms with Gasteiger partial charge in [0.1, 0.15) is 0 Å². The zero-order valence-electron chi connectivity index (χ0n) is 12.0. The molecule has 0 amide bonds. The normalized spacial score (nSPS) is 16.1. The van der Waals surface area contributed by atoms with Gasteiger partial charge in [0, 0.05) is 5.92 Å². The molecule has 0 saturated carbocycles. The van der Waals surface area contributed by atoms with Gasteiger partial charge in [-0.15, -0.1) is 0 Å². The van der Waals surface area contributed by atoms with Crippen molar-refractivity contribution in [3.05, 3.63) is 48.0 Å². The highest BCUT2D eigenvalue weighted by Crippen LogP contribution is 2.37. The van der Waals surface area contributed by atoms with Crippen molar-refractivity contribution in [2.75, 3.05) is 0 Å². The Labute approximate surface area is 118 Å². The van der Waals surface area contributed by atoms with E-state index in [1.165, 1.54) is 0 Å². The van der Waals surface area contributed by atoms with E-state index in [1.807, 2.05) is 42.5 Å². The Kier molecular flexibility index (Phi) is 3.82. The fraction of sp³-hybridized carbons (Fsp3) is 0.353. The fourth-order valence-electron chi connectivity index (χ4n) is 2.80. The van der Waals surface area contributed by atoms with Gasteiger partial charge in [-0.3, -0.25) is 0 Å². The van der Waals surface area contributed by atoms with E-state index in [-0.39, 0.29) is 5.92 Å². The first-order valence-corrected chi connectivity index (χ1v) is 6.82. The first-order valence-electron chi connectivity index (χ1n) is 6.82. The van der Waals surface area contributed by atoms with Crippen LogP contribution < -0.4 is 0 Å². The number of hydrogen-bond donors (Lipinski definition) is 2. The van der Waals surface area contributed by atoms with Gasteiger partial charge in [-0.1, -0.05) is 63.2 Å². The topological polar surface area (TPSA) is 57.5 Å². The van der Waals surface area contributed by atoms with Crippen molar-refractivity contribution in [1.29, 1.82) is 0 Å². The number of rotatable bonds is 4. The van der Waals surface area contributed by atoms with Gasteiger partial charge in [-0.2, -0.15) is 0 Å². The number of hydrogen-bond acceptors (Lipinski definition) is 2. The molecular weight excluding hydrogens is 252 g/mol. The summed E-state index contributed by atoms with van der Waals surface area (Å²) in [5.41, 5.74) is -0.911. The minimum absolute atomic E-state index is 0.381. The third-order valence-electron chi connectivity index (χ3n) is 4.17. The monoisotopic (exact) mass is 272 g/mol. The number of carbonyl (C=O) groups is 1. The molecule has 3 nitrogen and oxygen atoms in total. The summed E-state index contributed by atoms with van der Waals surface area (Å²) in [6.07, 6.45) is 0. The van der Waals surface area contributed by atoms with E-state index in [4.69, 9.17) is 0 Å². The van der Waals surface area contributed by atoms with Gasteiger partial charge in [0.05, 0.1) is 0 Å². The standard InChI is InChI=1S/C17H20O3/c1-11(2)17(20,16(18)19)12(3)14-10-6-8-13-7-4-5-9-15(13)14/h4-12,20H,1-3H3,(H,18,19). The highest BCUT2D eigenvalue weighted by atomic mass is 16.4. The Hall–Kier alpha value is -1.87. The smallest absolute Gasteiger partial charge is 0.336 e. The Balaban J connectivity index is 2.61. The van der Waals surface area contributed by atoms with Crippen LogP contribution in [0.25, 0.3) is 10.8 Å². The summed E-state index contributed by atoms with van der Waals surface area (Å²) in [4.78, 5) is 11.6. The van der Waals surface area contributed by atoms with E-state index in [1.54, 1.807) is 20.8 Å². The Morgan fingerprint density at radius 3 is 2.25 bits per heavy atom. The summed E-state index contributed by atoms with van der Waals surface area (Å²) in [7, 11) is 0. The van der Waals surface area contributed by atoms with Gasteiger partial charge in [0.2, 0.25) is 0 Å². The maximum Gasteiger partial charge on any atom is 0.336 e. The molecule has 0 saturated heterocycles. The molecule has 2 N–H and O–H groups in total. The molecule has 3 heteroatoms.